The van der Waals surface area contributed by atoms with Crippen molar-refractivity contribution >= 4 is 26.8 Å². The van der Waals surface area contributed by atoms with Crippen LogP contribution in [0.15, 0.2) is 52.2 Å². The lowest BCUT2D eigenvalue weighted by Crippen LogP contribution is -2.41. The topological polar surface area (TPSA) is 110 Å². The van der Waals surface area contributed by atoms with E-state index >= 15 is 0 Å². The Bertz CT molecular complexity index is 1260. The standard InChI is InChI=1S/C20H20N4O4S/c1-2-13-5-8-15(9-6-13)29(27,28)23-22-19(25)14-7-10-16-17(12-14)21-18-4-3-11-24(18)20(16)26/h5-10,12,23H,2-4,11H2,1H3,(H,22,25). The van der Waals surface area contributed by atoms with Gasteiger partial charge in [0.15, 0.2) is 0 Å². The lowest BCUT2D eigenvalue weighted by molar-refractivity contribution is 0.0945. The lowest BCUT2D eigenvalue weighted by atomic mass is 10.1. The van der Waals surface area contributed by atoms with Crippen LogP contribution >= 0.6 is 0 Å². The number of carbonyl (C=O) groups is 1. The van der Waals surface area contributed by atoms with Gasteiger partial charge in [0.2, 0.25) is 0 Å². The molecule has 1 aliphatic heterocycles. The first-order chi connectivity index (χ1) is 13.9. The molecule has 0 radical (unpaired) electrons. The Kier molecular flexibility index (Phi) is 4.93. The Hall–Kier alpha value is -3.04. The Balaban J connectivity index is 1.54. The van der Waals surface area contributed by atoms with E-state index in [0.29, 0.717) is 23.3 Å². The Morgan fingerprint density at radius 2 is 1.93 bits per heavy atom. The second-order valence-electron chi connectivity index (χ2n) is 6.88. The molecule has 8 nitrogen and oxygen atoms in total. The van der Waals surface area contributed by atoms with Gasteiger partial charge in [-0.25, -0.2) is 13.4 Å². The summed E-state index contributed by atoms with van der Waals surface area (Å²) in [6.07, 6.45) is 2.39. The third kappa shape index (κ3) is 3.66. The predicted octanol–water partition coefficient (Wildman–Crippen LogP) is 1.53. The lowest BCUT2D eigenvalue weighted by Gasteiger charge is -2.10. The maximum Gasteiger partial charge on any atom is 0.266 e. The number of hydrogen-bond donors (Lipinski definition) is 2. The quantitative estimate of drug-likeness (QED) is 0.618. The van der Waals surface area contributed by atoms with Crippen LogP contribution in [0.4, 0.5) is 0 Å². The van der Waals surface area contributed by atoms with Crippen molar-refractivity contribution in [1.29, 1.82) is 0 Å². The van der Waals surface area contributed by atoms with E-state index in [1.54, 1.807) is 22.8 Å². The molecule has 0 aliphatic carbocycles. The average Bonchev–Trinajstić information content (AvgIpc) is 3.20. The van der Waals surface area contributed by atoms with E-state index in [0.717, 1.165) is 24.8 Å². The van der Waals surface area contributed by atoms with E-state index in [9.17, 15) is 18.0 Å². The number of fused-ring (bicyclic) bond motifs is 2. The molecule has 0 unspecified atom stereocenters. The molecule has 1 aromatic heterocycles. The van der Waals surface area contributed by atoms with Gasteiger partial charge in [0, 0.05) is 18.5 Å². The molecule has 2 heterocycles. The number of benzene rings is 2. The SMILES string of the molecule is CCc1ccc(S(=O)(=O)NNC(=O)c2ccc3c(=O)n4c(nc3c2)CCC4)cc1. The van der Waals surface area contributed by atoms with Crippen LogP contribution in [0, 0.1) is 0 Å². The third-order valence-corrected chi connectivity index (χ3v) is 6.28. The summed E-state index contributed by atoms with van der Waals surface area (Å²) >= 11 is 0. The fourth-order valence-corrected chi connectivity index (χ4v) is 4.21. The Labute approximate surface area is 167 Å². The largest absolute Gasteiger partial charge is 0.296 e. The van der Waals surface area contributed by atoms with Gasteiger partial charge in [0.25, 0.3) is 21.5 Å². The molecule has 0 bridgehead atoms. The van der Waals surface area contributed by atoms with E-state index < -0.39 is 15.9 Å². The molecule has 0 spiro atoms. The van der Waals surface area contributed by atoms with Gasteiger partial charge in [-0.15, -0.1) is 4.83 Å². The first kappa shape index (κ1) is 19.3. The molecule has 150 valence electrons. The van der Waals surface area contributed by atoms with Crippen molar-refractivity contribution in [2.75, 3.05) is 0 Å². The molecular formula is C20H20N4O4S. The Morgan fingerprint density at radius 3 is 2.66 bits per heavy atom. The van der Waals surface area contributed by atoms with Gasteiger partial charge in [-0.05, 0) is 48.7 Å². The van der Waals surface area contributed by atoms with Crippen LogP contribution in [0.1, 0.15) is 35.1 Å². The van der Waals surface area contributed by atoms with Crippen molar-refractivity contribution in [2.45, 2.75) is 37.6 Å². The van der Waals surface area contributed by atoms with Gasteiger partial charge in [-0.2, -0.15) is 0 Å². The zero-order chi connectivity index (χ0) is 20.6. The monoisotopic (exact) mass is 412 g/mol. The highest BCUT2D eigenvalue weighted by Gasteiger charge is 2.18. The van der Waals surface area contributed by atoms with Gasteiger partial charge in [0.1, 0.15) is 5.82 Å². The highest BCUT2D eigenvalue weighted by Crippen LogP contribution is 2.16. The highest BCUT2D eigenvalue weighted by molar-refractivity contribution is 7.89. The zero-order valence-corrected chi connectivity index (χ0v) is 16.6. The number of aromatic nitrogens is 2. The zero-order valence-electron chi connectivity index (χ0n) is 15.8. The summed E-state index contributed by atoms with van der Waals surface area (Å²) in [6, 6.07) is 10.9. The van der Waals surface area contributed by atoms with Gasteiger partial charge in [-0.1, -0.05) is 19.1 Å². The summed E-state index contributed by atoms with van der Waals surface area (Å²) in [7, 11) is -3.90. The number of nitrogens with one attached hydrogen (secondary N) is 2. The second kappa shape index (κ2) is 7.41. The molecule has 9 heteroatoms. The molecule has 2 aromatic carbocycles. The van der Waals surface area contributed by atoms with Gasteiger partial charge in [-0.3, -0.25) is 19.6 Å². The number of sulfonamides is 1. The number of nitrogens with zero attached hydrogens (tertiary/aromatic N) is 2. The highest BCUT2D eigenvalue weighted by atomic mass is 32.2. The maximum atomic E-state index is 12.5. The molecule has 0 atom stereocenters. The summed E-state index contributed by atoms with van der Waals surface area (Å²) in [5.74, 6) is 0.0688. The smallest absolute Gasteiger partial charge is 0.266 e. The van der Waals surface area contributed by atoms with E-state index in [-0.39, 0.29) is 16.0 Å². The minimum Gasteiger partial charge on any atom is -0.296 e. The molecule has 4 rings (SSSR count). The van der Waals surface area contributed by atoms with E-state index in [1.165, 1.54) is 24.3 Å². The number of carbonyl (C=O) groups excluding carboxylic acids is 1. The summed E-state index contributed by atoms with van der Waals surface area (Å²) < 4.78 is 26.4. The van der Waals surface area contributed by atoms with Crippen LogP contribution < -0.4 is 15.8 Å². The molecule has 1 aliphatic rings. The van der Waals surface area contributed by atoms with Crippen LogP contribution in [-0.4, -0.2) is 23.9 Å². The molecule has 3 aromatic rings. The molecule has 2 N–H and O–H groups in total. The van der Waals surface area contributed by atoms with Crippen molar-refractivity contribution in [1.82, 2.24) is 19.8 Å². The van der Waals surface area contributed by atoms with Crippen LogP contribution in [0.3, 0.4) is 0 Å². The minimum absolute atomic E-state index is 0.0544. The van der Waals surface area contributed by atoms with Crippen molar-refractivity contribution in [3.8, 4) is 0 Å². The number of hydrogen-bond acceptors (Lipinski definition) is 5. The number of amides is 1. The van der Waals surface area contributed by atoms with E-state index in [1.807, 2.05) is 6.92 Å². The fraction of sp³-hybridized carbons (Fsp3) is 0.250. The van der Waals surface area contributed by atoms with Crippen molar-refractivity contribution in [2.24, 2.45) is 0 Å². The van der Waals surface area contributed by atoms with Gasteiger partial charge < -0.3 is 0 Å². The van der Waals surface area contributed by atoms with Gasteiger partial charge in [0.05, 0.1) is 15.8 Å². The van der Waals surface area contributed by atoms with Gasteiger partial charge >= 0.3 is 0 Å². The molecule has 0 saturated heterocycles. The first-order valence-electron chi connectivity index (χ1n) is 9.33. The second-order valence-corrected chi connectivity index (χ2v) is 8.56. The van der Waals surface area contributed by atoms with Crippen LogP contribution in [0.25, 0.3) is 10.9 Å². The molecule has 29 heavy (non-hydrogen) atoms. The summed E-state index contributed by atoms with van der Waals surface area (Å²) in [5.41, 5.74) is 3.73. The number of aryl methyl sites for hydroxylation is 2. The van der Waals surface area contributed by atoms with Crippen molar-refractivity contribution in [3.63, 3.8) is 0 Å². The number of hydrazine groups is 1. The first-order valence-corrected chi connectivity index (χ1v) is 10.8. The van der Waals surface area contributed by atoms with Crippen molar-refractivity contribution < 1.29 is 13.2 Å². The van der Waals surface area contributed by atoms with Crippen LogP contribution in [0.5, 0.6) is 0 Å². The van der Waals surface area contributed by atoms with Crippen LogP contribution in [-0.2, 0) is 29.4 Å². The molecule has 0 saturated carbocycles. The fourth-order valence-electron chi connectivity index (χ4n) is 3.37. The number of rotatable bonds is 5. The summed E-state index contributed by atoms with van der Waals surface area (Å²) in [4.78, 5) is 31.6. The molecule has 1 amide bonds. The summed E-state index contributed by atoms with van der Waals surface area (Å²) in [5, 5.41) is 0.434. The normalized spacial score (nSPS) is 13.4. The average molecular weight is 412 g/mol. The third-order valence-electron chi connectivity index (χ3n) is 5.02. The maximum absolute atomic E-state index is 12.5. The van der Waals surface area contributed by atoms with E-state index in [4.69, 9.17) is 0 Å². The van der Waals surface area contributed by atoms with E-state index in [2.05, 4.69) is 15.2 Å². The Morgan fingerprint density at radius 1 is 1.17 bits per heavy atom. The van der Waals surface area contributed by atoms with Crippen LogP contribution in [0.2, 0.25) is 0 Å². The predicted molar refractivity (Wildman–Crippen MR) is 108 cm³/mol. The minimum atomic E-state index is -3.90. The summed E-state index contributed by atoms with van der Waals surface area (Å²) in [6.45, 7) is 2.63. The van der Waals surface area contributed by atoms with Crippen molar-refractivity contribution in [3.05, 3.63) is 69.8 Å². The molecule has 0 fully saturated rings. The molecular weight excluding hydrogens is 392 g/mol.